The second kappa shape index (κ2) is 6.12. The summed E-state index contributed by atoms with van der Waals surface area (Å²) < 4.78 is 10.2. The number of carboxylic acid groups (broad SMARTS) is 1. The van der Waals surface area contributed by atoms with Gasteiger partial charge in [0.1, 0.15) is 5.75 Å². The first-order valence-corrected chi connectivity index (χ1v) is 5.14. The van der Waals surface area contributed by atoms with Crippen molar-refractivity contribution in [3.8, 4) is 5.75 Å². The molecule has 1 N–H and O–H groups in total. The number of carbonyl (C=O) groups is 1. The van der Waals surface area contributed by atoms with Crippen LogP contribution in [0, 0.1) is 0 Å². The molecule has 4 nitrogen and oxygen atoms in total. The van der Waals surface area contributed by atoms with Gasteiger partial charge in [0.2, 0.25) is 0 Å². The standard InChI is InChI=1S/C12H16O4/c1-3-16-10-6-4-9(5-7-10)8-11(15-2)12(13)14/h4-7,11H,3,8H2,1-2H3,(H,13,14)/t11-/m1/s1. The molecule has 0 aromatic heterocycles. The van der Waals surface area contributed by atoms with Gasteiger partial charge in [-0.05, 0) is 24.6 Å². The van der Waals surface area contributed by atoms with E-state index in [2.05, 4.69) is 0 Å². The first-order chi connectivity index (χ1) is 7.67. The Morgan fingerprint density at radius 3 is 2.44 bits per heavy atom. The fourth-order valence-electron chi connectivity index (χ4n) is 1.37. The third kappa shape index (κ3) is 3.55. The lowest BCUT2D eigenvalue weighted by molar-refractivity contribution is -0.148. The number of aliphatic carboxylic acids is 1. The zero-order valence-electron chi connectivity index (χ0n) is 9.47. The van der Waals surface area contributed by atoms with E-state index in [1.807, 2.05) is 31.2 Å². The van der Waals surface area contributed by atoms with Crippen molar-refractivity contribution in [1.29, 1.82) is 0 Å². The molecule has 0 aliphatic carbocycles. The molecule has 0 amide bonds. The minimum absolute atomic E-state index is 0.359. The smallest absolute Gasteiger partial charge is 0.333 e. The number of methoxy groups -OCH3 is 1. The molecule has 0 aliphatic rings. The molecule has 0 radical (unpaired) electrons. The van der Waals surface area contributed by atoms with E-state index in [1.54, 1.807) is 0 Å². The van der Waals surface area contributed by atoms with Gasteiger partial charge in [-0.2, -0.15) is 0 Å². The molecule has 0 saturated carbocycles. The molecule has 0 unspecified atom stereocenters. The Kier molecular flexibility index (Phi) is 4.79. The summed E-state index contributed by atoms with van der Waals surface area (Å²) in [6.07, 6.45) is -0.434. The number of ether oxygens (including phenoxy) is 2. The molecule has 1 rings (SSSR count). The Labute approximate surface area is 94.8 Å². The van der Waals surface area contributed by atoms with Crippen molar-refractivity contribution in [2.75, 3.05) is 13.7 Å². The predicted molar refractivity (Wildman–Crippen MR) is 59.7 cm³/mol. The molecule has 0 fully saturated rings. The summed E-state index contributed by atoms with van der Waals surface area (Å²) in [6.45, 7) is 2.54. The number of carboxylic acids is 1. The van der Waals surface area contributed by atoms with Crippen LogP contribution in [-0.2, 0) is 16.0 Å². The zero-order valence-corrected chi connectivity index (χ0v) is 9.47. The maximum atomic E-state index is 10.8. The normalized spacial score (nSPS) is 12.1. The molecule has 0 spiro atoms. The molecular weight excluding hydrogens is 208 g/mol. The second-order valence-electron chi connectivity index (χ2n) is 3.34. The van der Waals surface area contributed by atoms with E-state index in [9.17, 15) is 4.79 Å². The van der Waals surface area contributed by atoms with Gasteiger partial charge in [0.25, 0.3) is 0 Å². The maximum Gasteiger partial charge on any atom is 0.333 e. The van der Waals surface area contributed by atoms with E-state index in [4.69, 9.17) is 14.6 Å². The monoisotopic (exact) mass is 224 g/mol. The predicted octanol–water partition coefficient (Wildman–Crippen LogP) is 1.73. The molecular formula is C12H16O4. The summed E-state index contributed by atoms with van der Waals surface area (Å²) in [6, 6.07) is 7.35. The SMILES string of the molecule is CCOc1ccc(C[C@@H](OC)C(=O)O)cc1. The van der Waals surface area contributed by atoms with Crippen molar-refractivity contribution >= 4 is 5.97 Å². The minimum Gasteiger partial charge on any atom is -0.494 e. The summed E-state index contributed by atoms with van der Waals surface area (Å²) in [5, 5.41) is 8.82. The van der Waals surface area contributed by atoms with Gasteiger partial charge in [0, 0.05) is 13.5 Å². The number of benzene rings is 1. The van der Waals surface area contributed by atoms with E-state index < -0.39 is 12.1 Å². The number of rotatable bonds is 6. The van der Waals surface area contributed by atoms with E-state index in [-0.39, 0.29) is 0 Å². The van der Waals surface area contributed by atoms with E-state index in [1.165, 1.54) is 7.11 Å². The summed E-state index contributed by atoms with van der Waals surface area (Å²) >= 11 is 0. The largest absolute Gasteiger partial charge is 0.494 e. The van der Waals surface area contributed by atoms with Crippen LogP contribution in [-0.4, -0.2) is 30.9 Å². The average molecular weight is 224 g/mol. The van der Waals surface area contributed by atoms with Crippen molar-refractivity contribution in [2.45, 2.75) is 19.4 Å². The Morgan fingerprint density at radius 2 is 2.00 bits per heavy atom. The third-order valence-corrected chi connectivity index (χ3v) is 2.22. The van der Waals surface area contributed by atoms with E-state index >= 15 is 0 Å². The summed E-state index contributed by atoms with van der Waals surface area (Å²) in [7, 11) is 1.40. The van der Waals surface area contributed by atoms with Gasteiger partial charge in [0.15, 0.2) is 6.10 Å². The van der Waals surface area contributed by atoms with Crippen LogP contribution in [0.3, 0.4) is 0 Å². The highest BCUT2D eigenvalue weighted by atomic mass is 16.5. The average Bonchev–Trinajstić information content (AvgIpc) is 2.28. The van der Waals surface area contributed by atoms with Crippen LogP contribution >= 0.6 is 0 Å². The Morgan fingerprint density at radius 1 is 1.38 bits per heavy atom. The van der Waals surface area contributed by atoms with Crippen molar-refractivity contribution in [3.63, 3.8) is 0 Å². The molecule has 1 aromatic rings. The van der Waals surface area contributed by atoms with Crippen LogP contribution in [0.2, 0.25) is 0 Å². The fourth-order valence-corrected chi connectivity index (χ4v) is 1.37. The molecule has 4 heteroatoms. The van der Waals surface area contributed by atoms with Gasteiger partial charge in [-0.1, -0.05) is 12.1 Å². The second-order valence-corrected chi connectivity index (χ2v) is 3.34. The molecule has 0 aliphatic heterocycles. The van der Waals surface area contributed by atoms with E-state index in [0.29, 0.717) is 13.0 Å². The van der Waals surface area contributed by atoms with Gasteiger partial charge >= 0.3 is 5.97 Å². The van der Waals surface area contributed by atoms with E-state index in [0.717, 1.165) is 11.3 Å². The van der Waals surface area contributed by atoms with Crippen LogP contribution in [0.4, 0.5) is 0 Å². The molecule has 16 heavy (non-hydrogen) atoms. The first kappa shape index (κ1) is 12.5. The lowest BCUT2D eigenvalue weighted by Gasteiger charge is -2.10. The molecule has 0 heterocycles. The van der Waals surface area contributed by atoms with Gasteiger partial charge in [-0.15, -0.1) is 0 Å². The Bertz CT molecular complexity index is 331. The molecule has 1 atom stereocenters. The Hall–Kier alpha value is -1.55. The highest BCUT2D eigenvalue weighted by molar-refractivity contribution is 5.72. The van der Waals surface area contributed by atoms with Crippen molar-refractivity contribution in [2.24, 2.45) is 0 Å². The third-order valence-electron chi connectivity index (χ3n) is 2.22. The molecule has 88 valence electrons. The number of hydrogen-bond acceptors (Lipinski definition) is 3. The van der Waals surface area contributed by atoms with Crippen LogP contribution in [0.25, 0.3) is 0 Å². The van der Waals surface area contributed by atoms with Crippen LogP contribution in [0.5, 0.6) is 5.75 Å². The molecule has 1 aromatic carbocycles. The summed E-state index contributed by atoms with van der Waals surface area (Å²) in [5.41, 5.74) is 0.915. The van der Waals surface area contributed by atoms with Crippen molar-refractivity contribution < 1.29 is 19.4 Å². The van der Waals surface area contributed by atoms with Gasteiger partial charge in [-0.3, -0.25) is 0 Å². The summed E-state index contributed by atoms with van der Waals surface area (Å²) in [4.78, 5) is 10.8. The number of hydrogen-bond donors (Lipinski definition) is 1. The van der Waals surface area contributed by atoms with Crippen LogP contribution < -0.4 is 4.74 Å². The van der Waals surface area contributed by atoms with Gasteiger partial charge < -0.3 is 14.6 Å². The fraction of sp³-hybridized carbons (Fsp3) is 0.417. The van der Waals surface area contributed by atoms with Crippen LogP contribution in [0.15, 0.2) is 24.3 Å². The maximum absolute atomic E-state index is 10.8. The van der Waals surface area contributed by atoms with Crippen LogP contribution in [0.1, 0.15) is 12.5 Å². The van der Waals surface area contributed by atoms with Crippen molar-refractivity contribution in [1.82, 2.24) is 0 Å². The quantitative estimate of drug-likeness (QED) is 0.799. The lowest BCUT2D eigenvalue weighted by Crippen LogP contribution is -2.24. The Balaban J connectivity index is 2.63. The first-order valence-electron chi connectivity index (χ1n) is 5.14. The van der Waals surface area contributed by atoms with Crippen molar-refractivity contribution in [3.05, 3.63) is 29.8 Å². The highest BCUT2D eigenvalue weighted by Crippen LogP contribution is 2.14. The molecule has 0 saturated heterocycles. The summed E-state index contributed by atoms with van der Waals surface area (Å²) in [5.74, 6) is -0.160. The van der Waals surface area contributed by atoms with Gasteiger partial charge in [0.05, 0.1) is 6.61 Å². The highest BCUT2D eigenvalue weighted by Gasteiger charge is 2.16. The van der Waals surface area contributed by atoms with Gasteiger partial charge in [-0.25, -0.2) is 4.79 Å². The topological polar surface area (TPSA) is 55.8 Å². The zero-order chi connectivity index (χ0) is 12.0. The molecule has 0 bridgehead atoms. The minimum atomic E-state index is -0.948. The lowest BCUT2D eigenvalue weighted by atomic mass is 10.1.